The Bertz CT molecular complexity index is 1220. The molecule has 0 radical (unpaired) electrons. The molecular formula is C23H20N2O10. The average molecular weight is 484 g/mol. The SMILES string of the molecule is COC(=O)C1=C(C(=O)OC)N(c2cccc(C(=O)OCC(=O)c3cccc([N+](=O)[O-])c3)c2)COC1. The Balaban J connectivity index is 1.80. The van der Waals surface area contributed by atoms with E-state index in [0.29, 0.717) is 5.69 Å². The second-order valence-electron chi connectivity index (χ2n) is 7.07. The van der Waals surface area contributed by atoms with E-state index in [1.54, 1.807) is 6.07 Å². The molecule has 0 N–H and O–H groups in total. The molecule has 3 rings (SSSR count). The van der Waals surface area contributed by atoms with Gasteiger partial charge in [0.25, 0.3) is 5.69 Å². The molecule has 1 aliphatic heterocycles. The zero-order chi connectivity index (χ0) is 25.5. The lowest BCUT2D eigenvalue weighted by atomic mass is 10.1. The Hall–Kier alpha value is -4.58. The maximum Gasteiger partial charge on any atom is 0.355 e. The lowest BCUT2D eigenvalue weighted by Gasteiger charge is -2.31. The first-order valence-corrected chi connectivity index (χ1v) is 10.1. The number of hydrogen-bond donors (Lipinski definition) is 0. The number of carbonyl (C=O) groups excluding carboxylic acids is 4. The molecule has 0 aromatic heterocycles. The smallest absolute Gasteiger partial charge is 0.355 e. The molecule has 0 unspecified atom stereocenters. The summed E-state index contributed by atoms with van der Waals surface area (Å²) in [4.78, 5) is 61.0. The van der Waals surface area contributed by atoms with E-state index in [-0.39, 0.29) is 41.4 Å². The first-order chi connectivity index (χ1) is 16.8. The number of ketones is 1. The van der Waals surface area contributed by atoms with Gasteiger partial charge in [0.05, 0.1) is 36.9 Å². The van der Waals surface area contributed by atoms with Gasteiger partial charge in [0.15, 0.2) is 6.61 Å². The van der Waals surface area contributed by atoms with Crippen LogP contribution in [-0.2, 0) is 28.5 Å². The van der Waals surface area contributed by atoms with Crippen LogP contribution in [0.2, 0.25) is 0 Å². The highest BCUT2D eigenvalue weighted by molar-refractivity contribution is 6.04. The molecule has 1 aliphatic rings. The number of Topliss-reactive ketones (excluding diaryl/α,β-unsaturated/α-hetero) is 1. The first-order valence-electron chi connectivity index (χ1n) is 10.1. The summed E-state index contributed by atoms with van der Waals surface area (Å²) in [5.41, 5.74) is -0.0401. The summed E-state index contributed by atoms with van der Waals surface area (Å²) in [6.45, 7) is -0.930. The van der Waals surface area contributed by atoms with Crippen LogP contribution in [0.15, 0.2) is 59.8 Å². The fraction of sp³-hybridized carbons (Fsp3) is 0.217. The number of benzene rings is 2. The number of nitrogens with zero attached hydrogens (tertiary/aromatic N) is 2. The highest BCUT2D eigenvalue weighted by atomic mass is 16.6. The molecule has 12 heteroatoms. The molecule has 1 heterocycles. The van der Waals surface area contributed by atoms with E-state index < -0.39 is 35.2 Å². The molecule has 35 heavy (non-hydrogen) atoms. The van der Waals surface area contributed by atoms with E-state index in [0.717, 1.165) is 20.3 Å². The van der Waals surface area contributed by atoms with Crippen molar-refractivity contribution in [1.29, 1.82) is 0 Å². The van der Waals surface area contributed by atoms with Gasteiger partial charge in [-0.2, -0.15) is 0 Å². The van der Waals surface area contributed by atoms with Gasteiger partial charge in [0.1, 0.15) is 12.4 Å². The maximum absolute atomic E-state index is 12.6. The number of methoxy groups -OCH3 is 2. The van der Waals surface area contributed by atoms with E-state index in [9.17, 15) is 29.3 Å². The minimum atomic E-state index is -0.847. The van der Waals surface area contributed by atoms with E-state index in [1.807, 2.05) is 0 Å². The van der Waals surface area contributed by atoms with Crippen LogP contribution in [0.25, 0.3) is 0 Å². The molecule has 0 amide bonds. The molecule has 2 aromatic rings. The Morgan fingerprint density at radius 1 is 0.971 bits per heavy atom. The van der Waals surface area contributed by atoms with Gasteiger partial charge in [-0.3, -0.25) is 14.9 Å². The second-order valence-corrected chi connectivity index (χ2v) is 7.07. The molecular weight excluding hydrogens is 464 g/mol. The Labute approximate surface area is 198 Å². The van der Waals surface area contributed by atoms with Crippen LogP contribution in [0.5, 0.6) is 0 Å². The van der Waals surface area contributed by atoms with E-state index in [1.165, 1.54) is 41.3 Å². The number of rotatable bonds is 8. The van der Waals surface area contributed by atoms with Crippen LogP contribution in [0, 0.1) is 10.1 Å². The summed E-state index contributed by atoms with van der Waals surface area (Å²) in [6.07, 6.45) is 0. The molecule has 182 valence electrons. The van der Waals surface area contributed by atoms with Crippen molar-refractivity contribution in [1.82, 2.24) is 0 Å². The summed E-state index contributed by atoms with van der Waals surface area (Å²) in [6, 6.07) is 10.9. The van der Waals surface area contributed by atoms with E-state index in [4.69, 9.17) is 18.9 Å². The van der Waals surface area contributed by atoms with Gasteiger partial charge in [-0.1, -0.05) is 18.2 Å². The predicted molar refractivity (Wildman–Crippen MR) is 119 cm³/mol. The minimum Gasteiger partial charge on any atom is -0.466 e. The van der Waals surface area contributed by atoms with Crippen LogP contribution in [0.3, 0.4) is 0 Å². The third-order valence-corrected chi connectivity index (χ3v) is 4.94. The molecule has 0 atom stereocenters. The highest BCUT2D eigenvalue weighted by Crippen LogP contribution is 2.27. The molecule has 2 aromatic carbocycles. The summed E-state index contributed by atoms with van der Waals surface area (Å²) in [7, 11) is 2.32. The number of anilines is 1. The highest BCUT2D eigenvalue weighted by Gasteiger charge is 2.32. The lowest BCUT2D eigenvalue weighted by Crippen LogP contribution is -2.38. The topological polar surface area (TPSA) is 152 Å². The van der Waals surface area contributed by atoms with Crippen LogP contribution in [0.4, 0.5) is 11.4 Å². The van der Waals surface area contributed by atoms with Crippen LogP contribution < -0.4 is 4.90 Å². The third-order valence-electron chi connectivity index (χ3n) is 4.94. The number of nitro groups is 1. The van der Waals surface area contributed by atoms with Crippen LogP contribution in [0.1, 0.15) is 20.7 Å². The molecule has 0 spiro atoms. The van der Waals surface area contributed by atoms with Gasteiger partial charge in [0.2, 0.25) is 5.78 Å². The van der Waals surface area contributed by atoms with Crippen LogP contribution in [-0.4, -0.2) is 62.8 Å². The number of esters is 3. The Kier molecular flexibility index (Phi) is 7.89. The van der Waals surface area contributed by atoms with Crippen molar-refractivity contribution in [3.05, 3.63) is 81.0 Å². The average Bonchev–Trinajstić information content (AvgIpc) is 2.90. The lowest BCUT2D eigenvalue weighted by molar-refractivity contribution is -0.384. The molecule has 0 saturated heterocycles. The summed E-state index contributed by atoms with van der Waals surface area (Å²) >= 11 is 0. The van der Waals surface area contributed by atoms with Crippen molar-refractivity contribution in [2.75, 3.05) is 39.1 Å². The zero-order valence-corrected chi connectivity index (χ0v) is 18.7. The molecule has 0 bridgehead atoms. The predicted octanol–water partition coefficient (Wildman–Crippen LogP) is 2.03. The number of nitro benzene ring substituents is 1. The van der Waals surface area contributed by atoms with Crippen LogP contribution >= 0.6 is 0 Å². The fourth-order valence-electron chi connectivity index (χ4n) is 3.24. The van der Waals surface area contributed by atoms with Crippen molar-refractivity contribution >= 4 is 35.1 Å². The number of non-ortho nitro benzene ring substituents is 1. The van der Waals surface area contributed by atoms with Gasteiger partial charge >= 0.3 is 17.9 Å². The molecule has 0 saturated carbocycles. The Morgan fingerprint density at radius 2 is 1.66 bits per heavy atom. The van der Waals surface area contributed by atoms with Gasteiger partial charge in [0, 0.05) is 23.4 Å². The van der Waals surface area contributed by atoms with Gasteiger partial charge in [-0.15, -0.1) is 0 Å². The Morgan fingerprint density at radius 3 is 2.34 bits per heavy atom. The largest absolute Gasteiger partial charge is 0.466 e. The zero-order valence-electron chi connectivity index (χ0n) is 18.7. The van der Waals surface area contributed by atoms with Gasteiger partial charge in [-0.05, 0) is 18.2 Å². The van der Waals surface area contributed by atoms with Crippen molar-refractivity contribution in [3.63, 3.8) is 0 Å². The molecule has 12 nitrogen and oxygen atoms in total. The van der Waals surface area contributed by atoms with Gasteiger partial charge < -0.3 is 23.8 Å². The van der Waals surface area contributed by atoms with Crippen molar-refractivity contribution < 1.29 is 43.0 Å². The van der Waals surface area contributed by atoms with Crippen molar-refractivity contribution in [2.45, 2.75) is 0 Å². The molecule has 0 aliphatic carbocycles. The monoisotopic (exact) mass is 484 g/mol. The quantitative estimate of drug-likeness (QED) is 0.178. The van der Waals surface area contributed by atoms with Gasteiger partial charge in [-0.25, -0.2) is 14.4 Å². The normalized spacial score (nSPS) is 13.1. The fourth-order valence-corrected chi connectivity index (χ4v) is 3.24. The minimum absolute atomic E-state index is 0.0226. The number of carbonyl (C=O) groups is 4. The third kappa shape index (κ3) is 5.68. The van der Waals surface area contributed by atoms with E-state index >= 15 is 0 Å². The second kappa shape index (κ2) is 11.0. The maximum atomic E-state index is 12.6. The standard InChI is InChI=1S/C23H20N2O10/c1-32-22(28)18-11-34-13-24(20(18)23(29)33-2)16-7-4-6-15(10-16)21(27)35-12-19(26)14-5-3-8-17(9-14)25(30)31/h3-10H,11-13H2,1-2H3. The first kappa shape index (κ1) is 25.1. The van der Waals surface area contributed by atoms with Crippen molar-refractivity contribution in [3.8, 4) is 0 Å². The van der Waals surface area contributed by atoms with Crippen molar-refractivity contribution in [2.24, 2.45) is 0 Å². The summed E-state index contributed by atoms with van der Waals surface area (Å²) in [5.74, 6) is -3.05. The molecule has 0 fully saturated rings. The number of ether oxygens (including phenoxy) is 4. The summed E-state index contributed by atoms with van der Waals surface area (Å²) < 4.78 is 20.0. The summed E-state index contributed by atoms with van der Waals surface area (Å²) in [5, 5.41) is 10.9. The number of hydrogen-bond acceptors (Lipinski definition) is 11. The van der Waals surface area contributed by atoms with E-state index in [2.05, 4.69) is 0 Å².